The first kappa shape index (κ1) is 18.4. The molecule has 120 valence electrons. The van der Waals surface area contributed by atoms with Crippen molar-refractivity contribution in [3.8, 4) is 5.75 Å². The third-order valence-electron chi connectivity index (χ3n) is 2.73. The van der Waals surface area contributed by atoms with Gasteiger partial charge in [0.2, 0.25) is 8.32 Å². The topological polar surface area (TPSA) is 30.5 Å². The van der Waals surface area contributed by atoms with Gasteiger partial charge in [-0.2, -0.15) is 0 Å². The largest absolute Gasteiger partial charge is 0.544 e. The predicted molar refractivity (Wildman–Crippen MR) is 96.1 cm³/mol. The summed E-state index contributed by atoms with van der Waals surface area (Å²) in [7, 11) is -3.17. The zero-order valence-corrected chi connectivity index (χ0v) is 16.6. The van der Waals surface area contributed by atoms with E-state index in [2.05, 4.69) is 69.7 Å². The van der Waals surface area contributed by atoms with E-state index in [1.807, 2.05) is 6.07 Å². The lowest BCUT2D eigenvalue weighted by Gasteiger charge is -2.28. The molecule has 1 N–H and O–H groups in total. The minimum absolute atomic E-state index is 0.0989. The molecule has 0 heterocycles. The normalized spacial score (nSPS) is 14.0. The standard InChI is InChI=1S/C16H31NO2Si2/c1-8-17-13-16(19-21(5,6)7)14-10-9-11-15(12-14)18-20(2,3)4/h9-12,16-17H,8,13H2,1-7H3. The van der Waals surface area contributed by atoms with Crippen LogP contribution in [0.5, 0.6) is 5.75 Å². The Morgan fingerprint density at radius 3 is 2.24 bits per heavy atom. The fourth-order valence-corrected chi connectivity index (χ4v) is 3.97. The van der Waals surface area contributed by atoms with Crippen LogP contribution in [0.25, 0.3) is 0 Å². The molecular formula is C16H31NO2Si2. The average Bonchev–Trinajstić information content (AvgIpc) is 2.31. The molecule has 0 fully saturated rings. The molecule has 0 radical (unpaired) electrons. The molecule has 0 aliphatic carbocycles. The van der Waals surface area contributed by atoms with Gasteiger partial charge in [-0.1, -0.05) is 19.1 Å². The van der Waals surface area contributed by atoms with E-state index in [4.69, 9.17) is 8.85 Å². The summed E-state index contributed by atoms with van der Waals surface area (Å²) in [5.74, 6) is 0.965. The van der Waals surface area contributed by atoms with Gasteiger partial charge < -0.3 is 14.2 Å². The molecular weight excluding hydrogens is 294 g/mol. The number of hydrogen-bond donors (Lipinski definition) is 1. The van der Waals surface area contributed by atoms with Crippen LogP contribution >= 0.6 is 0 Å². The van der Waals surface area contributed by atoms with E-state index < -0.39 is 16.6 Å². The van der Waals surface area contributed by atoms with Crippen molar-refractivity contribution < 1.29 is 8.85 Å². The van der Waals surface area contributed by atoms with Crippen LogP contribution in [-0.2, 0) is 4.43 Å². The summed E-state index contributed by atoms with van der Waals surface area (Å²) in [6.07, 6.45) is 0.0989. The molecule has 1 unspecified atom stereocenters. The average molecular weight is 326 g/mol. The first-order valence-electron chi connectivity index (χ1n) is 7.78. The number of benzene rings is 1. The van der Waals surface area contributed by atoms with Crippen molar-refractivity contribution in [2.75, 3.05) is 13.1 Å². The molecule has 0 spiro atoms. The van der Waals surface area contributed by atoms with Gasteiger partial charge in [0.05, 0.1) is 6.10 Å². The Morgan fingerprint density at radius 2 is 1.71 bits per heavy atom. The summed E-state index contributed by atoms with van der Waals surface area (Å²) in [5.41, 5.74) is 1.20. The van der Waals surface area contributed by atoms with E-state index in [1.165, 1.54) is 5.56 Å². The van der Waals surface area contributed by atoms with E-state index in [0.717, 1.165) is 18.8 Å². The third-order valence-corrected chi connectivity index (χ3v) is 4.57. The van der Waals surface area contributed by atoms with Gasteiger partial charge in [0.25, 0.3) is 0 Å². The molecule has 0 saturated heterocycles. The maximum absolute atomic E-state index is 6.34. The van der Waals surface area contributed by atoms with Crippen molar-refractivity contribution >= 4 is 16.6 Å². The Labute approximate surface area is 132 Å². The Bertz CT molecular complexity index is 439. The van der Waals surface area contributed by atoms with Gasteiger partial charge >= 0.3 is 0 Å². The van der Waals surface area contributed by atoms with Gasteiger partial charge in [-0.15, -0.1) is 0 Å². The second kappa shape index (κ2) is 7.58. The summed E-state index contributed by atoms with van der Waals surface area (Å²) < 4.78 is 12.4. The summed E-state index contributed by atoms with van der Waals surface area (Å²) in [6.45, 7) is 17.2. The van der Waals surface area contributed by atoms with Crippen molar-refractivity contribution in [2.24, 2.45) is 0 Å². The number of hydrogen-bond acceptors (Lipinski definition) is 3. The van der Waals surface area contributed by atoms with Crippen LogP contribution in [0, 0.1) is 0 Å². The SMILES string of the molecule is CCNCC(O[Si](C)(C)C)c1cccc(O[Si](C)(C)C)c1. The minimum atomic E-state index is -1.59. The van der Waals surface area contributed by atoms with Crippen LogP contribution < -0.4 is 9.74 Å². The Morgan fingerprint density at radius 1 is 1.05 bits per heavy atom. The highest BCUT2D eigenvalue weighted by Gasteiger charge is 2.23. The quantitative estimate of drug-likeness (QED) is 0.719. The maximum Gasteiger partial charge on any atom is 0.242 e. The highest BCUT2D eigenvalue weighted by Crippen LogP contribution is 2.26. The fraction of sp³-hybridized carbons (Fsp3) is 0.625. The molecule has 21 heavy (non-hydrogen) atoms. The van der Waals surface area contributed by atoms with E-state index >= 15 is 0 Å². The summed E-state index contributed by atoms with van der Waals surface area (Å²) in [6, 6.07) is 8.39. The van der Waals surface area contributed by atoms with E-state index in [0.29, 0.717) is 0 Å². The molecule has 0 aromatic heterocycles. The lowest BCUT2D eigenvalue weighted by atomic mass is 10.1. The Balaban J connectivity index is 2.93. The van der Waals surface area contributed by atoms with Crippen molar-refractivity contribution in [3.63, 3.8) is 0 Å². The van der Waals surface area contributed by atoms with E-state index in [1.54, 1.807) is 0 Å². The van der Waals surface area contributed by atoms with Crippen molar-refractivity contribution in [1.29, 1.82) is 0 Å². The molecule has 0 aliphatic rings. The molecule has 3 nitrogen and oxygen atoms in total. The second-order valence-electron chi connectivity index (χ2n) is 7.31. The van der Waals surface area contributed by atoms with Crippen LogP contribution in [0.3, 0.4) is 0 Å². The zero-order chi connectivity index (χ0) is 16.1. The smallest absolute Gasteiger partial charge is 0.242 e. The highest BCUT2D eigenvalue weighted by atomic mass is 28.4. The minimum Gasteiger partial charge on any atom is -0.544 e. The van der Waals surface area contributed by atoms with E-state index in [9.17, 15) is 0 Å². The Hall–Kier alpha value is -0.626. The summed E-state index contributed by atoms with van der Waals surface area (Å²) in [4.78, 5) is 0. The molecule has 0 saturated carbocycles. The molecule has 0 amide bonds. The highest BCUT2D eigenvalue weighted by molar-refractivity contribution is 6.70. The van der Waals surface area contributed by atoms with Crippen LogP contribution in [0.4, 0.5) is 0 Å². The lowest BCUT2D eigenvalue weighted by molar-refractivity contribution is 0.194. The van der Waals surface area contributed by atoms with Gasteiger partial charge in [0, 0.05) is 6.54 Å². The van der Waals surface area contributed by atoms with Crippen molar-refractivity contribution in [1.82, 2.24) is 5.32 Å². The summed E-state index contributed by atoms with van der Waals surface area (Å²) in [5, 5.41) is 3.40. The molecule has 5 heteroatoms. The van der Waals surface area contributed by atoms with Gasteiger partial charge in [-0.3, -0.25) is 0 Å². The molecule has 1 rings (SSSR count). The predicted octanol–water partition coefficient (Wildman–Crippen LogP) is 4.40. The first-order chi connectivity index (χ1) is 9.61. The van der Waals surface area contributed by atoms with Crippen molar-refractivity contribution in [2.45, 2.75) is 52.3 Å². The maximum atomic E-state index is 6.34. The molecule has 1 atom stereocenters. The zero-order valence-electron chi connectivity index (χ0n) is 14.6. The van der Waals surface area contributed by atoms with Gasteiger partial charge in [0.15, 0.2) is 8.32 Å². The van der Waals surface area contributed by atoms with Gasteiger partial charge in [-0.05, 0) is 63.5 Å². The number of likely N-dealkylation sites (N-methyl/N-ethyl adjacent to an activating group) is 1. The fourth-order valence-electron chi connectivity index (χ4n) is 2.06. The molecule has 0 aliphatic heterocycles. The van der Waals surface area contributed by atoms with Crippen LogP contribution in [-0.4, -0.2) is 29.7 Å². The first-order valence-corrected chi connectivity index (χ1v) is 14.6. The van der Waals surface area contributed by atoms with E-state index in [-0.39, 0.29) is 6.10 Å². The van der Waals surface area contributed by atoms with Crippen molar-refractivity contribution in [3.05, 3.63) is 29.8 Å². The Kier molecular flexibility index (Phi) is 6.65. The summed E-state index contributed by atoms with van der Waals surface area (Å²) >= 11 is 0. The van der Waals surface area contributed by atoms with Crippen LogP contribution in [0.2, 0.25) is 39.3 Å². The second-order valence-corrected chi connectivity index (χ2v) is 16.2. The van der Waals surface area contributed by atoms with Crippen LogP contribution in [0.1, 0.15) is 18.6 Å². The third kappa shape index (κ3) is 7.80. The number of rotatable bonds is 8. The van der Waals surface area contributed by atoms with Gasteiger partial charge in [0.1, 0.15) is 5.75 Å². The molecule has 1 aromatic rings. The molecule has 1 aromatic carbocycles. The van der Waals surface area contributed by atoms with Gasteiger partial charge in [-0.25, -0.2) is 0 Å². The molecule has 0 bridgehead atoms. The number of nitrogens with one attached hydrogen (secondary N) is 1. The monoisotopic (exact) mass is 325 g/mol. The lowest BCUT2D eigenvalue weighted by Crippen LogP contribution is -2.33. The van der Waals surface area contributed by atoms with Crippen LogP contribution in [0.15, 0.2) is 24.3 Å².